The number of ether oxygens (including phenoxy) is 1. The number of hydrogen-bond donors (Lipinski definition) is 2. The summed E-state index contributed by atoms with van der Waals surface area (Å²) >= 11 is 0. The van der Waals surface area contributed by atoms with Gasteiger partial charge in [0.2, 0.25) is 0 Å². The number of carbonyl (C=O) groups excluding carboxylic acids is 1. The fraction of sp³-hybridized carbons (Fsp3) is 0.310. The van der Waals surface area contributed by atoms with Gasteiger partial charge in [-0.1, -0.05) is 6.07 Å². The van der Waals surface area contributed by atoms with Crippen molar-refractivity contribution in [3.63, 3.8) is 0 Å². The monoisotopic (exact) mass is 581 g/mol. The maximum atomic E-state index is 15.1. The molecule has 0 saturated carbocycles. The van der Waals surface area contributed by atoms with Crippen molar-refractivity contribution in [2.45, 2.75) is 25.5 Å². The molecule has 1 saturated heterocycles. The van der Waals surface area contributed by atoms with Gasteiger partial charge in [0.15, 0.2) is 0 Å². The zero-order chi connectivity index (χ0) is 30.0. The predicted molar refractivity (Wildman–Crippen MR) is 152 cm³/mol. The largest absolute Gasteiger partial charge is 0.496 e. The molecule has 2 N–H and O–H groups in total. The van der Waals surface area contributed by atoms with Gasteiger partial charge in [0.25, 0.3) is 5.91 Å². The van der Waals surface area contributed by atoms with E-state index in [2.05, 4.69) is 20.4 Å². The van der Waals surface area contributed by atoms with Gasteiger partial charge in [0, 0.05) is 56.8 Å². The molecule has 0 bridgehead atoms. The summed E-state index contributed by atoms with van der Waals surface area (Å²) in [6.45, 7) is -1.78. The maximum Gasteiger partial charge on any atom is 0.333 e. The summed E-state index contributed by atoms with van der Waals surface area (Å²) in [5.74, 6) is -0.122. The molecule has 220 valence electrons. The topological polar surface area (TPSA) is 109 Å². The van der Waals surface area contributed by atoms with Crippen LogP contribution in [-0.2, 0) is 0 Å². The number of β-amino-alcohol motifs (C(OH)–C–C–N with tert-alkyl or cyclic N) is 1. The van der Waals surface area contributed by atoms with E-state index in [0.717, 1.165) is 6.42 Å². The fourth-order valence-electron chi connectivity index (χ4n) is 4.92. The van der Waals surface area contributed by atoms with Crippen molar-refractivity contribution in [3.8, 4) is 28.1 Å². The van der Waals surface area contributed by atoms with E-state index in [1.165, 1.54) is 42.7 Å². The number of aromatic nitrogens is 4. The van der Waals surface area contributed by atoms with E-state index in [9.17, 15) is 18.7 Å². The Kier molecular flexibility index (Phi) is 8.29. The van der Waals surface area contributed by atoms with Gasteiger partial charge in [0.05, 0.1) is 41.9 Å². The molecule has 13 heteroatoms. The standard InChI is InChI=1S/C29H30F3N7O3/c1-37(2)28(41)19-9-10-24(36-27(19)26-21(30)7-4-8-23(26)42-3)35-25-12-22(38-11-5-6-18(40)16-38)20(14-33-25)17-13-34-39(15-17)29(31)32/h4,7-10,12-15,18,29,40H,5-6,11,16H2,1-3H3,(H,33,35,36)/t18-/m0/s1. The van der Waals surface area contributed by atoms with E-state index in [1.807, 2.05) is 4.90 Å². The van der Waals surface area contributed by atoms with Crippen LogP contribution in [0.15, 0.2) is 55.0 Å². The zero-order valence-corrected chi connectivity index (χ0v) is 23.3. The van der Waals surface area contributed by atoms with E-state index in [4.69, 9.17) is 4.74 Å². The summed E-state index contributed by atoms with van der Waals surface area (Å²) in [5, 5.41) is 17.2. The summed E-state index contributed by atoms with van der Waals surface area (Å²) in [7, 11) is 4.59. The Hall–Kier alpha value is -4.65. The number of amides is 1. The molecule has 1 aliphatic heterocycles. The third-order valence-corrected chi connectivity index (χ3v) is 6.95. The summed E-state index contributed by atoms with van der Waals surface area (Å²) in [4.78, 5) is 25.4. The van der Waals surface area contributed by atoms with E-state index in [0.29, 0.717) is 46.8 Å². The second-order valence-electron chi connectivity index (χ2n) is 10.0. The number of nitrogens with one attached hydrogen (secondary N) is 1. The lowest BCUT2D eigenvalue weighted by Crippen LogP contribution is -2.38. The highest BCUT2D eigenvalue weighted by Gasteiger charge is 2.25. The molecule has 0 radical (unpaired) electrons. The average Bonchev–Trinajstić information content (AvgIpc) is 3.47. The van der Waals surface area contributed by atoms with E-state index in [1.54, 1.807) is 38.4 Å². The number of aliphatic hydroxyl groups excluding tert-OH is 1. The van der Waals surface area contributed by atoms with E-state index >= 15 is 4.39 Å². The van der Waals surface area contributed by atoms with Crippen LogP contribution in [-0.4, -0.2) is 76.1 Å². The van der Waals surface area contributed by atoms with Crippen molar-refractivity contribution in [3.05, 3.63) is 66.4 Å². The molecule has 1 aliphatic rings. The van der Waals surface area contributed by atoms with Crippen LogP contribution in [0.1, 0.15) is 29.7 Å². The lowest BCUT2D eigenvalue weighted by Gasteiger charge is -2.33. The number of rotatable bonds is 8. The minimum Gasteiger partial charge on any atom is -0.496 e. The van der Waals surface area contributed by atoms with E-state index in [-0.39, 0.29) is 34.3 Å². The number of carbonyl (C=O) groups is 1. The Morgan fingerprint density at radius 1 is 1.19 bits per heavy atom. The van der Waals surface area contributed by atoms with Crippen molar-refractivity contribution < 1.29 is 27.8 Å². The first-order chi connectivity index (χ1) is 20.2. The molecule has 10 nitrogen and oxygen atoms in total. The third-order valence-electron chi connectivity index (χ3n) is 6.95. The number of hydrogen-bond acceptors (Lipinski definition) is 8. The number of benzene rings is 1. The Balaban J connectivity index is 1.57. The Bertz CT molecular complexity index is 1590. The molecule has 5 rings (SSSR count). The summed E-state index contributed by atoms with van der Waals surface area (Å²) < 4.78 is 47.5. The first-order valence-corrected chi connectivity index (χ1v) is 13.2. The van der Waals surface area contributed by atoms with Gasteiger partial charge < -0.3 is 25.0 Å². The van der Waals surface area contributed by atoms with Crippen LogP contribution in [0.4, 0.5) is 30.5 Å². The fourth-order valence-corrected chi connectivity index (χ4v) is 4.92. The van der Waals surface area contributed by atoms with Gasteiger partial charge in [-0.05, 0) is 37.1 Å². The number of aliphatic hydroxyl groups is 1. The highest BCUT2D eigenvalue weighted by molar-refractivity contribution is 6.00. The first kappa shape index (κ1) is 28.9. The predicted octanol–water partition coefficient (Wildman–Crippen LogP) is 4.96. The molecule has 4 aromatic rings. The molecular formula is C29H30F3N7O3. The summed E-state index contributed by atoms with van der Waals surface area (Å²) in [5.41, 5.74) is 1.98. The maximum absolute atomic E-state index is 15.1. The second-order valence-corrected chi connectivity index (χ2v) is 10.0. The van der Waals surface area contributed by atoms with Crippen molar-refractivity contribution in [2.75, 3.05) is 44.5 Å². The Morgan fingerprint density at radius 2 is 2.00 bits per heavy atom. The first-order valence-electron chi connectivity index (χ1n) is 13.2. The van der Waals surface area contributed by atoms with Crippen molar-refractivity contribution in [2.24, 2.45) is 0 Å². The van der Waals surface area contributed by atoms with Crippen LogP contribution in [0.2, 0.25) is 0 Å². The number of anilines is 3. The third kappa shape index (κ3) is 5.86. The number of methoxy groups -OCH3 is 1. The lowest BCUT2D eigenvalue weighted by molar-refractivity contribution is 0.0566. The van der Waals surface area contributed by atoms with Crippen LogP contribution < -0.4 is 15.0 Å². The van der Waals surface area contributed by atoms with Crippen molar-refractivity contribution in [1.29, 1.82) is 0 Å². The van der Waals surface area contributed by atoms with Crippen LogP contribution in [0.5, 0.6) is 5.75 Å². The van der Waals surface area contributed by atoms with Crippen LogP contribution in [0.25, 0.3) is 22.4 Å². The van der Waals surface area contributed by atoms with Crippen LogP contribution in [0, 0.1) is 5.82 Å². The smallest absolute Gasteiger partial charge is 0.333 e. The average molecular weight is 582 g/mol. The summed E-state index contributed by atoms with van der Waals surface area (Å²) in [6, 6.07) is 9.22. The number of alkyl halides is 2. The molecule has 1 fully saturated rings. The molecule has 42 heavy (non-hydrogen) atoms. The highest BCUT2D eigenvalue weighted by Crippen LogP contribution is 2.37. The van der Waals surface area contributed by atoms with Crippen LogP contribution in [0.3, 0.4) is 0 Å². The zero-order valence-electron chi connectivity index (χ0n) is 23.3. The summed E-state index contributed by atoms with van der Waals surface area (Å²) in [6.07, 6.45) is 5.00. The quantitative estimate of drug-likeness (QED) is 0.301. The Labute approximate surface area is 240 Å². The normalized spacial score (nSPS) is 15.1. The molecule has 0 aliphatic carbocycles. The van der Waals surface area contributed by atoms with Gasteiger partial charge in [0.1, 0.15) is 23.2 Å². The number of pyridine rings is 2. The molecule has 1 atom stereocenters. The van der Waals surface area contributed by atoms with Gasteiger partial charge in [-0.25, -0.2) is 19.0 Å². The van der Waals surface area contributed by atoms with Crippen LogP contribution >= 0.6 is 0 Å². The molecule has 4 heterocycles. The van der Waals surface area contributed by atoms with Gasteiger partial charge in [-0.2, -0.15) is 13.9 Å². The molecule has 1 amide bonds. The number of piperidine rings is 1. The minimum atomic E-state index is -2.79. The molecule has 0 unspecified atom stereocenters. The van der Waals surface area contributed by atoms with Gasteiger partial charge in [-0.3, -0.25) is 4.79 Å². The lowest BCUT2D eigenvalue weighted by atomic mass is 10.0. The highest BCUT2D eigenvalue weighted by atomic mass is 19.3. The van der Waals surface area contributed by atoms with Gasteiger partial charge >= 0.3 is 6.55 Å². The molecular weight excluding hydrogens is 551 g/mol. The van der Waals surface area contributed by atoms with Gasteiger partial charge in [-0.15, -0.1) is 0 Å². The minimum absolute atomic E-state index is 0.0381. The second kappa shape index (κ2) is 12.1. The molecule has 0 spiro atoms. The number of halogens is 3. The SMILES string of the molecule is COc1cccc(F)c1-c1nc(Nc2cc(N3CCC[C@H](O)C3)c(-c3cnn(C(F)F)c3)cn2)ccc1C(=O)N(C)C. The van der Waals surface area contributed by atoms with Crippen molar-refractivity contribution >= 4 is 23.2 Å². The molecule has 1 aromatic carbocycles. The number of nitrogens with zero attached hydrogens (tertiary/aromatic N) is 6. The Morgan fingerprint density at radius 3 is 2.69 bits per heavy atom. The molecule has 3 aromatic heterocycles. The van der Waals surface area contributed by atoms with E-state index < -0.39 is 18.5 Å². The van der Waals surface area contributed by atoms with Crippen molar-refractivity contribution in [1.82, 2.24) is 24.6 Å².